The predicted molar refractivity (Wildman–Crippen MR) is 107 cm³/mol. The molecule has 0 unspecified atom stereocenters. The van der Waals surface area contributed by atoms with E-state index in [2.05, 4.69) is 64.2 Å². The van der Waals surface area contributed by atoms with Gasteiger partial charge in [-0.15, -0.1) is 0 Å². The number of hydrogen-bond donors (Lipinski definition) is 1. The van der Waals surface area contributed by atoms with Gasteiger partial charge >= 0.3 is 0 Å². The molecule has 0 aliphatic rings. The van der Waals surface area contributed by atoms with Gasteiger partial charge in [0.15, 0.2) is 0 Å². The molecule has 25 heavy (non-hydrogen) atoms. The summed E-state index contributed by atoms with van der Waals surface area (Å²) >= 11 is 0. The number of nitrogens with one attached hydrogen (secondary N) is 1. The highest BCUT2D eigenvalue weighted by atomic mass is 16.1. The van der Waals surface area contributed by atoms with Crippen molar-refractivity contribution in [3.05, 3.63) is 68.8 Å². The summed E-state index contributed by atoms with van der Waals surface area (Å²) in [5, 5.41) is 3.04. The van der Waals surface area contributed by atoms with Crippen LogP contribution < -0.4 is 5.32 Å². The molecule has 0 saturated carbocycles. The van der Waals surface area contributed by atoms with Crippen LogP contribution in [-0.2, 0) is 12.8 Å². The number of carbonyl (C=O) groups is 1. The highest BCUT2D eigenvalue weighted by molar-refractivity contribution is 5.98. The van der Waals surface area contributed by atoms with Crippen molar-refractivity contribution in [3.8, 4) is 0 Å². The lowest BCUT2D eigenvalue weighted by Crippen LogP contribution is -2.31. The lowest BCUT2D eigenvalue weighted by atomic mass is 9.86. The Morgan fingerprint density at radius 1 is 0.840 bits per heavy atom. The molecule has 2 aromatic rings. The van der Waals surface area contributed by atoms with Gasteiger partial charge in [-0.05, 0) is 94.7 Å². The number of aryl methyl sites for hydroxylation is 2. The molecule has 0 bridgehead atoms. The van der Waals surface area contributed by atoms with Crippen LogP contribution in [0.15, 0.2) is 24.3 Å². The van der Waals surface area contributed by atoms with Gasteiger partial charge in [0.2, 0.25) is 0 Å². The zero-order valence-electron chi connectivity index (χ0n) is 16.7. The van der Waals surface area contributed by atoms with Crippen molar-refractivity contribution >= 4 is 5.91 Å². The molecule has 0 spiro atoms. The number of amides is 1. The molecule has 0 aliphatic heterocycles. The largest absolute Gasteiger partial charge is 0.350 e. The molecule has 0 aromatic heterocycles. The smallest absolute Gasteiger partial charge is 0.252 e. The molecule has 2 heteroatoms. The van der Waals surface area contributed by atoms with E-state index in [0.29, 0.717) is 0 Å². The van der Waals surface area contributed by atoms with Gasteiger partial charge in [0, 0.05) is 11.6 Å². The molecule has 0 aliphatic carbocycles. The van der Waals surface area contributed by atoms with E-state index in [4.69, 9.17) is 0 Å². The maximum absolute atomic E-state index is 12.6. The Morgan fingerprint density at radius 3 is 1.84 bits per heavy atom. The van der Waals surface area contributed by atoms with Gasteiger partial charge in [0.05, 0.1) is 0 Å². The molecular formula is C23H31NO. The van der Waals surface area contributed by atoms with E-state index in [1.54, 1.807) is 0 Å². The fourth-order valence-corrected chi connectivity index (χ4v) is 3.46. The molecule has 1 amide bonds. The first kappa shape index (κ1) is 19.2. The van der Waals surface area contributed by atoms with E-state index in [9.17, 15) is 4.79 Å². The number of carbonyl (C=O) groups excluding carboxylic acids is 1. The van der Waals surface area contributed by atoms with Gasteiger partial charge in [-0.1, -0.05) is 29.8 Å². The summed E-state index contributed by atoms with van der Waals surface area (Å²) in [4.78, 5) is 12.6. The van der Waals surface area contributed by atoms with Crippen LogP contribution >= 0.6 is 0 Å². The third-order valence-electron chi connectivity index (χ3n) is 5.21. The van der Waals surface area contributed by atoms with Crippen molar-refractivity contribution in [1.29, 1.82) is 0 Å². The van der Waals surface area contributed by atoms with Crippen molar-refractivity contribution in [1.82, 2.24) is 5.32 Å². The minimum Gasteiger partial charge on any atom is -0.350 e. The Bertz CT molecular complexity index is 741. The predicted octanol–water partition coefficient (Wildman–Crippen LogP) is 5.15. The second-order valence-corrected chi connectivity index (χ2v) is 7.47. The molecule has 0 fully saturated rings. The van der Waals surface area contributed by atoms with E-state index >= 15 is 0 Å². The normalized spacial score (nSPS) is 11.0. The third-order valence-corrected chi connectivity index (χ3v) is 5.21. The summed E-state index contributed by atoms with van der Waals surface area (Å²) in [7, 11) is 0. The fraction of sp³-hybridized carbons (Fsp3) is 0.435. The summed E-state index contributed by atoms with van der Waals surface area (Å²) in [5.74, 6) is 0.0429. The quantitative estimate of drug-likeness (QED) is 0.803. The zero-order chi connectivity index (χ0) is 18.7. The first-order chi connectivity index (χ1) is 11.7. The zero-order valence-corrected chi connectivity index (χ0v) is 16.7. The van der Waals surface area contributed by atoms with Crippen molar-refractivity contribution < 1.29 is 4.79 Å². The summed E-state index contributed by atoms with van der Waals surface area (Å²) < 4.78 is 0. The molecule has 1 N–H and O–H groups in total. The highest BCUT2D eigenvalue weighted by Gasteiger charge is 2.20. The number of rotatable bonds is 5. The topological polar surface area (TPSA) is 29.1 Å². The van der Waals surface area contributed by atoms with Crippen molar-refractivity contribution in [2.24, 2.45) is 0 Å². The third kappa shape index (κ3) is 4.31. The molecule has 134 valence electrons. The van der Waals surface area contributed by atoms with E-state index in [1.807, 2.05) is 13.8 Å². The highest BCUT2D eigenvalue weighted by Crippen LogP contribution is 2.28. The van der Waals surface area contributed by atoms with Crippen molar-refractivity contribution in [2.45, 2.75) is 67.3 Å². The van der Waals surface area contributed by atoms with E-state index in [1.165, 1.54) is 27.8 Å². The van der Waals surface area contributed by atoms with Crippen LogP contribution in [0.1, 0.15) is 63.1 Å². The standard InChI is InChI=1S/C23H31NO/c1-14(2)24-23(25)22-18(6)16(4)21(17(5)19(22)7)13-12-20-10-8-15(3)9-11-20/h8-11,14H,12-13H2,1-7H3,(H,24,25). The summed E-state index contributed by atoms with van der Waals surface area (Å²) in [6, 6.07) is 8.91. The first-order valence-electron chi connectivity index (χ1n) is 9.18. The molecule has 2 rings (SSSR count). The first-order valence-corrected chi connectivity index (χ1v) is 9.18. The Morgan fingerprint density at radius 2 is 1.36 bits per heavy atom. The minimum atomic E-state index is 0.0429. The molecule has 0 heterocycles. The monoisotopic (exact) mass is 337 g/mol. The van der Waals surface area contributed by atoms with Crippen LogP contribution in [-0.4, -0.2) is 11.9 Å². The Kier molecular flexibility index (Phi) is 6.05. The molecule has 2 nitrogen and oxygen atoms in total. The summed E-state index contributed by atoms with van der Waals surface area (Å²) in [6.07, 6.45) is 2.03. The number of benzene rings is 2. The molecular weight excluding hydrogens is 306 g/mol. The summed E-state index contributed by atoms with van der Waals surface area (Å²) in [6.45, 7) is 14.6. The lowest BCUT2D eigenvalue weighted by molar-refractivity contribution is 0.0941. The van der Waals surface area contributed by atoms with Crippen LogP contribution in [0, 0.1) is 34.6 Å². The van der Waals surface area contributed by atoms with E-state index in [0.717, 1.165) is 29.5 Å². The van der Waals surface area contributed by atoms with E-state index < -0.39 is 0 Å². The second kappa shape index (κ2) is 7.86. The molecule has 2 aromatic carbocycles. The Hall–Kier alpha value is -2.09. The molecule has 0 radical (unpaired) electrons. The van der Waals surface area contributed by atoms with Crippen LogP contribution in [0.5, 0.6) is 0 Å². The maximum Gasteiger partial charge on any atom is 0.252 e. The number of hydrogen-bond acceptors (Lipinski definition) is 1. The Labute approximate surface area is 152 Å². The summed E-state index contributed by atoms with van der Waals surface area (Å²) in [5.41, 5.74) is 9.62. The van der Waals surface area contributed by atoms with Gasteiger partial charge < -0.3 is 5.32 Å². The maximum atomic E-state index is 12.6. The molecule has 0 atom stereocenters. The van der Waals surface area contributed by atoms with Crippen LogP contribution in [0.25, 0.3) is 0 Å². The second-order valence-electron chi connectivity index (χ2n) is 7.47. The molecule has 0 saturated heterocycles. The van der Waals surface area contributed by atoms with Crippen LogP contribution in [0.3, 0.4) is 0 Å². The van der Waals surface area contributed by atoms with Crippen molar-refractivity contribution in [2.75, 3.05) is 0 Å². The van der Waals surface area contributed by atoms with Gasteiger partial charge in [-0.2, -0.15) is 0 Å². The Balaban J connectivity index is 2.34. The van der Waals surface area contributed by atoms with Gasteiger partial charge in [-0.3, -0.25) is 4.79 Å². The van der Waals surface area contributed by atoms with Gasteiger partial charge in [0.1, 0.15) is 0 Å². The average Bonchev–Trinajstić information content (AvgIpc) is 2.54. The average molecular weight is 338 g/mol. The van der Waals surface area contributed by atoms with E-state index in [-0.39, 0.29) is 11.9 Å². The minimum absolute atomic E-state index is 0.0429. The van der Waals surface area contributed by atoms with Crippen LogP contribution in [0.2, 0.25) is 0 Å². The van der Waals surface area contributed by atoms with Crippen LogP contribution in [0.4, 0.5) is 0 Å². The van der Waals surface area contributed by atoms with Gasteiger partial charge in [-0.25, -0.2) is 0 Å². The lowest BCUT2D eigenvalue weighted by Gasteiger charge is -2.21. The van der Waals surface area contributed by atoms with Gasteiger partial charge in [0.25, 0.3) is 5.91 Å². The van der Waals surface area contributed by atoms with Crippen molar-refractivity contribution in [3.63, 3.8) is 0 Å². The SMILES string of the molecule is Cc1ccc(CCc2c(C)c(C)c(C(=O)NC(C)C)c(C)c2C)cc1. The fourth-order valence-electron chi connectivity index (χ4n) is 3.46.